The molecule has 3 heterocycles. The van der Waals surface area contributed by atoms with Crippen LogP contribution in [-0.2, 0) is 0 Å². The van der Waals surface area contributed by atoms with Crippen LogP contribution in [0.4, 0.5) is 0 Å². The summed E-state index contributed by atoms with van der Waals surface area (Å²) in [5.74, 6) is 5.97. The lowest BCUT2D eigenvalue weighted by Gasteiger charge is -2.42. The van der Waals surface area contributed by atoms with Crippen molar-refractivity contribution >= 4 is 17.2 Å². The van der Waals surface area contributed by atoms with Crippen molar-refractivity contribution < 1.29 is 4.79 Å². The molecule has 0 saturated carbocycles. The van der Waals surface area contributed by atoms with Crippen LogP contribution in [0.3, 0.4) is 0 Å². The van der Waals surface area contributed by atoms with E-state index in [1.54, 1.807) is 0 Å². The minimum absolute atomic E-state index is 0.145. The Balaban J connectivity index is 1.73. The first-order valence-corrected chi connectivity index (χ1v) is 8.39. The van der Waals surface area contributed by atoms with Crippen molar-refractivity contribution in [1.82, 2.24) is 9.80 Å². The highest BCUT2D eigenvalue weighted by atomic mass is 32.1. The Kier molecular flexibility index (Phi) is 4.29. The predicted octanol–water partition coefficient (Wildman–Crippen LogP) is 1.37. The van der Waals surface area contributed by atoms with Gasteiger partial charge in [-0.3, -0.25) is 9.69 Å². The zero-order valence-electron chi connectivity index (χ0n) is 12.3. The van der Waals surface area contributed by atoms with Gasteiger partial charge in [0, 0.05) is 30.6 Å². The molecule has 0 aromatic carbocycles. The fourth-order valence-corrected chi connectivity index (χ4v) is 4.04. The molecular weight excluding hydrogens is 282 g/mol. The standard InChI is InChI=1S/C16H21N3OS/c1-12-9-18-7-3-4-14(18)10-19(12)16(20)13-8-15(21-11-13)5-2-6-17/h8,11-12,14H,3-4,6-7,9-10,17H2,1H3. The zero-order valence-corrected chi connectivity index (χ0v) is 13.2. The molecule has 0 radical (unpaired) electrons. The summed E-state index contributed by atoms with van der Waals surface area (Å²) in [5.41, 5.74) is 6.14. The van der Waals surface area contributed by atoms with Gasteiger partial charge in [-0.05, 0) is 32.4 Å². The number of fused-ring (bicyclic) bond motifs is 1. The lowest BCUT2D eigenvalue weighted by atomic mass is 10.1. The molecule has 2 aliphatic heterocycles. The van der Waals surface area contributed by atoms with Crippen molar-refractivity contribution in [3.05, 3.63) is 21.9 Å². The molecular formula is C16H21N3OS. The number of rotatable bonds is 1. The number of hydrogen-bond donors (Lipinski definition) is 1. The molecule has 0 bridgehead atoms. The van der Waals surface area contributed by atoms with E-state index in [9.17, 15) is 4.79 Å². The van der Waals surface area contributed by atoms with Crippen molar-refractivity contribution in [3.63, 3.8) is 0 Å². The van der Waals surface area contributed by atoms with Gasteiger partial charge in [0.1, 0.15) is 0 Å². The molecule has 2 fully saturated rings. The molecule has 1 aromatic rings. The van der Waals surface area contributed by atoms with Crippen molar-refractivity contribution in [2.24, 2.45) is 5.73 Å². The van der Waals surface area contributed by atoms with E-state index in [2.05, 4.69) is 23.7 Å². The van der Waals surface area contributed by atoms with Crippen LogP contribution in [0, 0.1) is 11.8 Å². The maximum absolute atomic E-state index is 12.7. The maximum Gasteiger partial charge on any atom is 0.255 e. The summed E-state index contributed by atoms with van der Waals surface area (Å²) < 4.78 is 0. The maximum atomic E-state index is 12.7. The molecule has 3 rings (SSSR count). The molecule has 2 atom stereocenters. The van der Waals surface area contributed by atoms with E-state index < -0.39 is 0 Å². The third-order valence-corrected chi connectivity index (χ3v) is 5.20. The highest BCUT2D eigenvalue weighted by molar-refractivity contribution is 7.10. The third kappa shape index (κ3) is 2.98. The van der Waals surface area contributed by atoms with Crippen molar-refractivity contribution in [3.8, 4) is 11.8 Å². The summed E-state index contributed by atoms with van der Waals surface area (Å²) in [6, 6.07) is 2.73. The molecule has 21 heavy (non-hydrogen) atoms. The number of carbonyl (C=O) groups is 1. The molecule has 2 aliphatic rings. The van der Waals surface area contributed by atoms with Crippen LogP contribution >= 0.6 is 11.3 Å². The Morgan fingerprint density at radius 1 is 1.52 bits per heavy atom. The minimum Gasteiger partial charge on any atom is -0.333 e. The monoisotopic (exact) mass is 303 g/mol. The quantitative estimate of drug-likeness (QED) is 0.797. The molecule has 2 unspecified atom stereocenters. The van der Waals surface area contributed by atoms with Gasteiger partial charge >= 0.3 is 0 Å². The summed E-state index contributed by atoms with van der Waals surface area (Å²) in [6.45, 7) is 5.55. The molecule has 4 nitrogen and oxygen atoms in total. The van der Waals surface area contributed by atoms with Gasteiger partial charge in [0.2, 0.25) is 0 Å². The Morgan fingerprint density at radius 2 is 2.38 bits per heavy atom. The second-order valence-corrected chi connectivity index (χ2v) is 6.71. The first kappa shape index (κ1) is 14.6. The molecule has 0 spiro atoms. The predicted molar refractivity (Wildman–Crippen MR) is 85.3 cm³/mol. The number of thiophene rings is 1. The summed E-state index contributed by atoms with van der Waals surface area (Å²) in [6.07, 6.45) is 2.48. The van der Waals surface area contributed by atoms with Gasteiger partial charge < -0.3 is 10.6 Å². The van der Waals surface area contributed by atoms with Gasteiger partial charge in [-0.2, -0.15) is 0 Å². The molecule has 2 N–H and O–H groups in total. The topological polar surface area (TPSA) is 49.6 Å². The van der Waals surface area contributed by atoms with Crippen molar-refractivity contribution in [2.75, 3.05) is 26.2 Å². The molecule has 1 aromatic heterocycles. The van der Waals surface area contributed by atoms with E-state index in [1.807, 2.05) is 16.3 Å². The average molecular weight is 303 g/mol. The largest absolute Gasteiger partial charge is 0.333 e. The Labute approximate surface area is 129 Å². The van der Waals surface area contributed by atoms with Crippen molar-refractivity contribution in [1.29, 1.82) is 0 Å². The molecule has 0 aliphatic carbocycles. The number of carbonyl (C=O) groups excluding carboxylic acids is 1. The fraction of sp³-hybridized carbons (Fsp3) is 0.562. The van der Waals surface area contributed by atoms with E-state index >= 15 is 0 Å². The first-order chi connectivity index (χ1) is 10.2. The van der Waals surface area contributed by atoms with Crippen molar-refractivity contribution in [2.45, 2.75) is 31.8 Å². The number of nitrogens with zero attached hydrogens (tertiary/aromatic N) is 2. The van der Waals surface area contributed by atoms with Crippen LogP contribution in [0.1, 0.15) is 35.0 Å². The number of nitrogens with two attached hydrogens (primary N) is 1. The van der Waals surface area contributed by atoms with Gasteiger partial charge in [-0.25, -0.2) is 0 Å². The number of hydrogen-bond acceptors (Lipinski definition) is 4. The van der Waals surface area contributed by atoms with Gasteiger partial charge in [0.25, 0.3) is 5.91 Å². The van der Waals surface area contributed by atoms with Crippen LogP contribution in [0.25, 0.3) is 0 Å². The average Bonchev–Trinajstić information content (AvgIpc) is 3.12. The highest BCUT2D eigenvalue weighted by Gasteiger charge is 2.36. The molecule has 2 saturated heterocycles. The fourth-order valence-electron chi connectivity index (χ4n) is 3.29. The van der Waals surface area contributed by atoms with Crippen LogP contribution in [0.15, 0.2) is 11.4 Å². The van der Waals surface area contributed by atoms with Crippen LogP contribution in [0.5, 0.6) is 0 Å². The van der Waals surface area contributed by atoms with Crippen LogP contribution < -0.4 is 5.73 Å². The van der Waals surface area contributed by atoms with E-state index in [0.29, 0.717) is 12.6 Å². The van der Waals surface area contributed by atoms with E-state index in [0.717, 1.165) is 23.5 Å². The Hall–Kier alpha value is -1.35. The Bertz CT molecular complexity index is 586. The molecule has 5 heteroatoms. The lowest BCUT2D eigenvalue weighted by molar-refractivity contribution is 0.0396. The number of amides is 1. The molecule has 112 valence electrons. The van der Waals surface area contributed by atoms with E-state index in [1.165, 1.54) is 30.7 Å². The smallest absolute Gasteiger partial charge is 0.255 e. The van der Waals surface area contributed by atoms with Gasteiger partial charge in [0.15, 0.2) is 0 Å². The highest BCUT2D eigenvalue weighted by Crippen LogP contribution is 2.26. The second kappa shape index (κ2) is 6.18. The summed E-state index contributed by atoms with van der Waals surface area (Å²) in [4.78, 5) is 18.2. The lowest BCUT2D eigenvalue weighted by Crippen LogP contribution is -2.56. The molecule has 1 amide bonds. The summed E-state index contributed by atoms with van der Waals surface area (Å²) >= 11 is 1.52. The zero-order chi connectivity index (χ0) is 14.8. The third-order valence-electron chi connectivity index (χ3n) is 4.36. The Morgan fingerprint density at radius 3 is 3.19 bits per heavy atom. The first-order valence-electron chi connectivity index (χ1n) is 7.51. The van der Waals surface area contributed by atoms with Gasteiger partial charge in [-0.1, -0.05) is 11.8 Å². The van der Waals surface area contributed by atoms with Gasteiger partial charge in [0.05, 0.1) is 17.0 Å². The normalized spacial score (nSPS) is 25.3. The second-order valence-electron chi connectivity index (χ2n) is 5.80. The number of piperazine rings is 1. The SMILES string of the molecule is CC1CN2CCCC2CN1C(=O)c1csc(C#CCN)c1. The van der Waals surface area contributed by atoms with Crippen LogP contribution in [-0.4, -0.2) is 54.0 Å². The summed E-state index contributed by atoms with van der Waals surface area (Å²) in [5, 5.41) is 1.91. The van der Waals surface area contributed by atoms with E-state index in [4.69, 9.17) is 5.73 Å². The van der Waals surface area contributed by atoms with Gasteiger partial charge in [-0.15, -0.1) is 11.3 Å². The van der Waals surface area contributed by atoms with Crippen LogP contribution in [0.2, 0.25) is 0 Å². The van der Waals surface area contributed by atoms with E-state index in [-0.39, 0.29) is 11.9 Å². The summed E-state index contributed by atoms with van der Waals surface area (Å²) in [7, 11) is 0. The minimum atomic E-state index is 0.145.